The lowest BCUT2D eigenvalue weighted by molar-refractivity contribution is -0.139. The van der Waals surface area contributed by atoms with E-state index in [1.807, 2.05) is 24.3 Å². The third-order valence-corrected chi connectivity index (χ3v) is 8.03. The highest BCUT2D eigenvalue weighted by molar-refractivity contribution is 7.18. The van der Waals surface area contributed by atoms with Gasteiger partial charge in [-0.3, -0.25) is 0 Å². The van der Waals surface area contributed by atoms with Gasteiger partial charge < -0.3 is 30.5 Å². The van der Waals surface area contributed by atoms with Gasteiger partial charge in [0.1, 0.15) is 5.75 Å². The second kappa shape index (κ2) is 12.5. The van der Waals surface area contributed by atoms with Gasteiger partial charge in [0, 0.05) is 35.8 Å². The smallest absolute Gasteiger partial charge is 0.418 e. The fourth-order valence-corrected chi connectivity index (χ4v) is 5.72. The number of nitrogens with zero attached hydrogens (tertiary/aromatic N) is 1. The van der Waals surface area contributed by atoms with Crippen molar-refractivity contribution in [2.24, 2.45) is 5.92 Å². The number of amides is 2. The van der Waals surface area contributed by atoms with Crippen molar-refractivity contribution in [1.82, 2.24) is 4.90 Å². The first-order chi connectivity index (χ1) is 19.4. The number of likely N-dealkylation sites (tertiary alicyclic amines) is 1. The van der Waals surface area contributed by atoms with Crippen LogP contribution in [-0.2, 0) is 11.0 Å². The van der Waals surface area contributed by atoms with Crippen molar-refractivity contribution < 1.29 is 42.5 Å². The summed E-state index contributed by atoms with van der Waals surface area (Å²) in [5, 5.41) is 24.3. The second-order valence-electron chi connectivity index (χ2n) is 9.57. The van der Waals surface area contributed by atoms with Crippen molar-refractivity contribution in [3.05, 3.63) is 64.5 Å². The van der Waals surface area contributed by atoms with Crippen LogP contribution < -0.4 is 15.4 Å². The van der Waals surface area contributed by atoms with Crippen LogP contribution in [0.25, 0.3) is 10.4 Å². The maximum absolute atomic E-state index is 13.2. The molecule has 0 unspecified atom stereocenters. The summed E-state index contributed by atoms with van der Waals surface area (Å²) in [6.45, 7) is 2.43. The molecule has 0 atom stereocenters. The van der Waals surface area contributed by atoms with Gasteiger partial charge in [0.15, 0.2) is 11.5 Å². The molecule has 218 valence electrons. The van der Waals surface area contributed by atoms with E-state index in [2.05, 4.69) is 10.6 Å². The third kappa shape index (κ3) is 7.28. The molecule has 2 amide bonds. The van der Waals surface area contributed by atoms with Crippen LogP contribution in [0.1, 0.15) is 33.6 Å². The van der Waals surface area contributed by atoms with Crippen molar-refractivity contribution in [3.8, 4) is 16.2 Å². The van der Waals surface area contributed by atoms with Crippen molar-refractivity contribution in [1.29, 1.82) is 0 Å². The zero-order valence-corrected chi connectivity index (χ0v) is 22.8. The number of ether oxygens (including phenoxy) is 1. The Morgan fingerprint density at radius 3 is 2.44 bits per heavy atom. The van der Waals surface area contributed by atoms with E-state index < -0.39 is 36.3 Å². The number of halogens is 3. The summed E-state index contributed by atoms with van der Waals surface area (Å²) >= 11 is 1.01. The molecule has 1 aliphatic heterocycles. The lowest BCUT2D eigenvalue weighted by atomic mass is 9.97. The predicted octanol–water partition coefficient (Wildman–Crippen LogP) is 6.26. The number of carbonyl (C=O) groups is 3. The molecule has 1 aromatic heterocycles. The van der Waals surface area contributed by atoms with E-state index in [1.165, 1.54) is 23.1 Å². The van der Waals surface area contributed by atoms with Crippen molar-refractivity contribution in [3.63, 3.8) is 0 Å². The normalized spacial score (nSPS) is 14.0. The number of rotatable bonds is 9. The van der Waals surface area contributed by atoms with E-state index in [4.69, 9.17) is 9.84 Å². The predicted molar refractivity (Wildman–Crippen MR) is 148 cm³/mol. The van der Waals surface area contributed by atoms with Crippen LogP contribution in [0.3, 0.4) is 0 Å². The van der Waals surface area contributed by atoms with E-state index in [0.29, 0.717) is 42.9 Å². The minimum atomic E-state index is -4.57. The molecule has 41 heavy (non-hydrogen) atoms. The fourth-order valence-electron chi connectivity index (χ4n) is 4.63. The molecule has 2 aromatic carbocycles. The largest absolute Gasteiger partial charge is 0.480 e. The quantitative estimate of drug-likeness (QED) is 0.231. The summed E-state index contributed by atoms with van der Waals surface area (Å²) < 4.78 is 45.0. The molecule has 1 aliphatic rings. The number of hydrogen-bond donors (Lipinski definition) is 4. The molecule has 13 heteroatoms. The summed E-state index contributed by atoms with van der Waals surface area (Å²) in [6.07, 6.45) is -3.24. The second-order valence-corrected chi connectivity index (χ2v) is 10.6. The number of carbonyl (C=O) groups excluding carboxylic acids is 1. The number of carboxylic acid groups (broad SMARTS) is 2. The first-order valence-corrected chi connectivity index (χ1v) is 13.5. The van der Waals surface area contributed by atoms with Crippen molar-refractivity contribution >= 4 is 40.7 Å². The van der Waals surface area contributed by atoms with Gasteiger partial charge in [-0.1, -0.05) is 24.3 Å². The Hall–Kier alpha value is -4.26. The van der Waals surface area contributed by atoms with Gasteiger partial charge in [0.05, 0.1) is 11.3 Å². The molecule has 0 saturated carbocycles. The molecule has 3 aromatic rings. The zero-order chi connectivity index (χ0) is 29.7. The van der Waals surface area contributed by atoms with Crippen LogP contribution in [-0.4, -0.2) is 59.3 Å². The molecule has 0 bridgehead atoms. The molecular weight excluding hydrogens is 563 g/mol. The van der Waals surface area contributed by atoms with Crippen LogP contribution >= 0.6 is 11.3 Å². The minimum absolute atomic E-state index is 0.0379. The van der Waals surface area contributed by atoms with E-state index in [0.717, 1.165) is 28.7 Å². The molecule has 0 spiro atoms. The Morgan fingerprint density at radius 2 is 1.78 bits per heavy atom. The van der Waals surface area contributed by atoms with Crippen LogP contribution in [0.2, 0.25) is 0 Å². The van der Waals surface area contributed by atoms with Gasteiger partial charge in [-0.2, -0.15) is 13.2 Å². The Labute approximate surface area is 237 Å². The average Bonchev–Trinajstić information content (AvgIpc) is 3.27. The van der Waals surface area contributed by atoms with E-state index in [-0.39, 0.29) is 22.2 Å². The molecule has 2 heterocycles. The Balaban J connectivity index is 1.35. The Bertz CT molecular complexity index is 1430. The van der Waals surface area contributed by atoms with E-state index in [9.17, 15) is 32.7 Å². The monoisotopic (exact) mass is 591 g/mol. The summed E-state index contributed by atoms with van der Waals surface area (Å²) in [5.41, 5.74) is 0.913. The van der Waals surface area contributed by atoms with Gasteiger partial charge in [0.25, 0.3) is 0 Å². The van der Waals surface area contributed by atoms with E-state index in [1.54, 1.807) is 6.92 Å². The number of piperidine rings is 1. The highest BCUT2D eigenvalue weighted by Gasteiger charge is 2.34. The standard InChI is InChI=1S/C28H28F3N3O6S/c1-16-23(40-15-22(35)36)25(26(37)38)41-24(16)18-5-4-6-19(13-18)32-14-17-9-11-34(12-10-17)27(39)33-21-8-3-2-7-20(21)28(29,30)31/h2-8,13,17,32H,9-12,14-15H2,1H3,(H,33,39)(H,35,36)(H,37,38). The number of para-hydroxylation sites is 1. The maximum atomic E-state index is 13.2. The van der Waals surface area contributed by atoms with Gasteiger partial charge >= 0.3 is 24.1 Å². The number of benzene rings is 2. The number of aromatic carboxylic acids is 1. The van der Waals surface area contributed by atoms with Crippen LogP contribution in [0.4, 0.5) is 29.3 Å². The summed E-state index contributed by atoms with van der Waals surface area (Å²) in [4.78, 5) is 37.4. The lowest BCUT2D eigenvalue weighted by Crippen LogP contribution is -2.42. The molecule has 0 radical (unpaired) electrons. The fraction of sp³-hybridized carbons (Fsp3) is 0.321. The molecule has 0 aliphatic carbocycles. The zero-order valence-electron chi connectivity index (χ0n) is 22.0. The van der Waals surface area contributed by atoms with E-state index >= 15 is 0 Å². The molecule has 1 fully saturated rings. The molecule has 1 saturated heterocycles. The van der Waals surface area contributed by atoms with Crippen LogP contribution in [0.15, 0.2) is 48.5 Å². The van der Waals surface area contributed by atoms with Gasteiger partial charge in [-0.25, -0.2) is 14.4 Å². The number of aliphatic carboxylic acids is 1. The highest BCUT2D eigenvalue weighted by atomic mass is 32.1. The Morgan fingerprint density at radius 1 is 1.07 bits per heavy atom. The topological polar surface area (TPSA) is 128 Å². The number of thiophene rings is 1. The molecular formula is C28H28F3N3O6S. The number of nitrogens with one attached hydrogen (secondary N) is 2. The first kappa shape index (κ1) is 29.7. The van der Waals surface area contributed by atoms with Gasteiger partial charge in [0.2, 0.25) is 0 Å². The molecule has 4 rings (SSSR count). The summed E-state index contributed by atoms with van der Waals surface area (Å²) in [7, 11) is 0. The number of hydrogen-bond acceptors (Lipinski definition) is 6. The highest BCUT2D eigenvalue weighted by Crippen LogP contribution is 2.42. The number of alkyl halides is 3. The van der Waals surface area contributed by atoms with Crippen LogP contribution in [0.5, 0.6) is 5.75 Å². The lowest BCUT2D eigenvalue weighted by Gasteiger charge is -2.32. The van der Waals surface area contributed by atoms with Crippen molar-refractivity contribution in [2.45, 2.75) is 25.9 Å². The first-order valence-electron chi connectivity index (χ1n) is 12.7. The van der Waals surface area contributed by atoms with Gasteiger partial charge in [-0.15, -0.1) is 11.3 Å². The summed E-state index contributed by atoms with van der Waals surface area (Å²) in [5.74, 6) is -2.15. The number of carboxylic acids is 2. The van der Waals surface area contributed by atoms with Crippen molar-refractivity contribution in [2.75, 3.05) is 36.9 Å². The Kier molecular flexibility index (Phi) is 9.06. The maximum Gasteiger partial charge on any atom is 0.418 e. The minimum Gasteiger partial charge on any atom is -0.480 e. The number of urea groups is 1. The average molecular weight is 592 g/mol. The SMILES string of the molecule is Cc1c(-c2cccc(NCC3CCN(C(=O)Nc4ccccc4C(F)(F)F)CC3)c2)sc(C(=O)O)c1OCC(=O)O. The molecule has 9 nitrogen and oxygen atoms in total. The summed E-state index contributed by atoms with van der Waals surface area (Å²) in [6, 6.07) is 11.7. The van der Waals surface area contributed by atoms with Gasteiger partial charge in [-0.05, 0) is 55.5 Å². The van der Waals surface area contributed by atoms with Crippen LogP contribution in [0, 0.1) is 12.8 Å². The number of anilines is 2. The third-order valence-electron chi connectivity index (χ3n) is 6.72. The molecule has 4 N–H and O–H groups in total.